The number of aliphatic hydroxyl groups excluding tert-OH is 1. The number of rotatable bonds is 9. The van der Waals surface area contributed by atoms with Crippen molar-refractivity contribution in [3.05, 3.63) is 88.9 Å². The fourth-order valence-corrected chi connectivity index (χ4v) is 3.11. The van der Waals surface area contributed by atoms with Crippen molar-refractivity contribution < 1.29 is 14.3 Å². The van der Waals surface area contributed by atoms with Crippen LogP contribution >= 0.6 is 0 Å². The van der Waals surface area contributed by atoms with Gasteiger partial charge in [-0.25, -0.2) is 0 Å². The molecular weight excluding hydrogens is 350 g/mol. The van der Waals surface area contributed by atoms with E-state index in [9.17, 15) is 5.11 Å². The number of benzene rings is 2. The summed E-state index contributed by atoms with van der Waals surface area (Å²) < 4.78 is 11.3. The van der Waals surface area contributed by atoms with Gasteiger partial charge in [-0.05, 0) is 61.7 Å². The van der Waals surface area contributed by atoms with Crippen molar-refractivity contribution in [3.63, 3.8) is 0 Å². The van der Waals surface area contributed by atoms with Crippen LogP contribution in [0.4, 0.5) is 0 Å². The normalized spacial score (nSPS) is 12.3. The van der Waals surface area contributed by atoms with Crippen molar-refractivity contribution >= 4 is 0 Å². The predicted molar refractivity (Wildman–Crippen MR) is 111 cm³/mol. The SMILES string of the molecule is Cc1ccc(CN(Cc2ccco2)CC(O)COc2ccc(C)c(C)c2)cc1. The van der Waals surface area contributed by atoms with Crippen molar-refractivity contribution in [3.8, 4) is 5.75 Å². The first-order valence-electron chi connectivity index (χ1n) is 9.68. The van der Waals surface area contributed by atoms with Crippen molar-refractivity contribution in [1.29, 1.82) is 0 Å². The summed E-state index contributed by atoms with van der Waals surface area (Å²) in [5.41, 5.74) is 4.86. The Bertz CT molecular complexity index is 856. The van der Waals surface area contributed by atoms with E-state index in [1.165, 1.54) is 22.3 Å². The summed E-state index contributed by atoms with van der Waals surface area (Å²) in [6, 6.07) is 18.3. The molecule has 0 saturated heterocycles. The van der Waals surface area contributed by atoms with E-state index in [0.29, 0.717) is 13.1 Å². The lowest BCUT2D eigenvalue weighted by Gasteiger charge is -2.24. The monoisotopic (exact) mass is 379 g/mol. The molecule has 2 aromatic carbocycles. The number of hydrogen-bond donors (Lipinski definition) is 1. The zero-order valence-electron chi connectivity index (χ0n) is 16.9. The van der Waals surface area contributed by atoms with E-state index in [1.54, 1.807) is 6.26 Å². The highest BCUT2D eigenvalue weighted by Gasteiger charge is 2.15. The van der Waals surface area contributed by atoms with Crippen LogP contribution in [0.5, 0.6) is 5.75 Å². The molecule has 28 heavy (non-hydrogen) atoms. The molecule has 0 aliphatic heterocycles. The van der Waals surface area contributed by atoms with E-state index in [1.807, 2.05) is 30.3 Å². The minimum atomic E-state index is -0.595. The fourth-order valence-electron chi connectivity index (χ4n) is 3.11. The summed E-state index contributed by atoms with van der Waals surface area (Å²) in [7, 11) is 0. The second-order valence-electron chi connectivity index (χ2n) is 7.45. The molecule has 3 aromatic rings. The fraction of sp³-hybridized carbons (Fsp3) is 0.333. The average molecular weight is 380 g/mol. The van der Waals surface area contributed by atoms with Crippen molar-refractivity contribution in [1.82, 2.24) is 4.90 Å². The molecule has 1 aromatic heterocycles. The van der Waals surface area contributed by atoms with Gasteiger partial charge in [0.15, 0.2) is 0 Å². The highest BCUT2D eigenvalue weighted by atomic mass is 16.5. The van der Waals surface area contributed by atoms with Gasteiger partial charge >= 0.3 is 0 Å². The molecule has 4 nitrogen and oxygen atoms in total. The number of aryl methyl sites for hydroxylation is 3. The molecule has 0 amide bonds. The topological polar surface area (TPSA) is 45.8 Å². The molecule has 0 saturated carbocycles. The largest absolute Gasteiger partial charge is 0.491 e. The Hall–Kier alpha value is -2.56. The van der Waals surface area contributed by atoms with Crippen LogP contribution in [0.25, 0.3) is 0 Å². The molecule has 1 heterocycles. The van der Waals surface area contributed by atoms with E-state index in [0.717, 1.165) is 18.1 Å². The molecule has 1 N–H and O–H groups in total. The van der Waals surface area contributed by atoms with Gasteiger partial charge in [0.2, 0.25) is 0 Å². The van der Waals surface area contributed by atoms with E-state index in [4.69, 9.17) is 9.15 Å². The van der Waals surface area contributed by atoms with Crippen molar-refractivity contribution in [2.45, 2.75) is 40.0 Å². The third-order valence-corrected chi connectivity index (χ3v) is 4.88. The van der Waals surface area contributed by atoms with Gasteiger partial charge in [-0.2, -0.15) is 0 Å². The molecule has 0 fully saturated rings. The van der Waals surface area contributed by atoms with Crippen LogP contribution in [-0.2, 0) is 13.1 Å². The number of nitrogens with zero attached hydrogens (tertiary/aromatic N) is 1. The third kappa shape index (κ3) is 5.98. The zero-order valence-corrected chi connectivity index (χ0v) is 16.9. The number of furan rings is 1. The second-order valence-corrected chi connectivity index (χ2v) is 7.45. The van der Waals surface area contributed by atoms with Crippen molar-refractivity contribution in [2.24, 2.45) is 0 Å². The van der Waals surface area contributed by atoms with Crippen LogP contribution in [0, 0.1) is 20.8 Å². The molecule has 1 unspecified atom stereocenters. The zero-order chi connectivity index (χ0) is 19.9. The lowest BCUT2D eigenvalue weighted by atomic mass is 10.1. The average Bonchev–Trinajstić information content (AvgIpc) is 3.17. The Morgan fingerprint density at radius 2 is 1.75 bits per heavy atom. The van der Waals surface area contributed by atoms with Crippen LogP contribution in [0.1, 0.15) is 28.0 Å². The summed E-state index contributed by atoms with van der Waals surface area (Å²) in [4.78, 5) is 2.18. The Morgan fingerprint density at radius 3 is 2.43 bits per heavy atom. The van der Waals surface area contributed by atoms with Crippen LogP contribution in [-0.4, -0.2) is 29.3 Å². The van der Waals surface area contributed by atoms with Gasteiger partial charge < -0.3 is 14.3 Å². The Morgan fingerprint density at radius 1 is 0.964 bits per heavy atom. The molecule has 3 rings (SSSR count). The third-order valence-electron chi connectivity index (χ3n) is 4.88. The van der Waals surface area contributed by atoms with Crippen LogP contribution in [0.15, 0.2) is 65.3 Å². The highest BCUT2D eigenvalue weighted by Crippen LogP contribution is 2.17. The maximum Gasteiger partial charge on any atom is 0.119 e. The minimum absolute atomic E-state index is 0.255. The quantitative estimate of drug-likeness (QED) is 0.588. The number of hydrogen-bond acceptors (Lipinski definition) is 4. The second kappa shape index (κ2) is 9.58. The van der Waals surface area contributed by atoms with Gasteiger partial charge in [0.05, 0.1) is 12.8 Å². The van der Waals surface area contributed by atoms with E-state index in [-0.39, 0.29) is 6.61 Å². The van der Waals surface area contributed by atoms with E-state index < -0.39 is 6.10 Å². The van der Waals surface area contributed by atoms with Crippen LogP contribution in [0.2, 0.25) is 0 Å². The molecule has 148 valence electrons. The van der Waals surface area contributed by atoms with Gasteiger partial charge in [0, 0.05) is 13.1 Å². The van der Waals surface area contributed by atoms with Gasteiger partial charge in [-0.3, -0.25) is 4.90 Å². The summed E-state index contributed by atoms with van der Waals surface area (Å²) >= 11 is 0. The lowest BCUT2D eigenvalue weighted by Crippen LogP contribution is -2.35. The Balaban J connectivity index is 1.60. The molecule has 0 radical (unpaired) electrons. The van der Waals surface area contributed by atoms with Gasteiger partial charge in [-0.1, -0.05) is 35.9 Å². The van der Waals surface area contributed by atoms with Gasteiger partial charge in [-0.15, -0.1) is 0 Å². The molecular formula is C24H29NO3. The van der Waals surface area contributed by atoms with E-state index >= 15 is 0 Å². The smallest absolute Gasteiger partial charge is 0.119 e. The molecule has 4 heteroatoms. The first-order chi connectivity index (χ1) is 13.5. The van der Waals surface area contributed by atoms with Gasteiger partial charge in [0.25, 0.3) is 0 Å². The standard InChI is InChI=1S/C24H29NO3/c1-18-6-9-21(10-7-18)14-25(16-24-5-4-12-27-24)15-22(26)17-28-23-11-8-19(2)20(3)13-23/h4-13,22,26H,14-17H2,1-3H3. The number of ether oxygens (including phenoxy) is 1. The molecule has 0 spiro atoms. The first-order valence-corrected chi connectivity index (χ1v) is 9.68. The summed E-state index contributed by atoms with van der Waals surface area (Å²) in [5.74, 6) is 1.67. The maximum absolute atomic E-state index is 10.6. The maximum atomic E-state index is 10.6. The van der Waals surface area contributed by atoms with Gasteiger partial charge in [0.1, 0.15) is 24.2 Å². The van der Waals surface area contributed by atoms with E-state index in [2.05, 4.69) is 49.9 Å². The summed E-state index contributed by atoms with van der Waals surface area (Å²) in [6.07, 6.45) is 1.08. The Kier molecular flexibility index (Phi) is 6.90. The minimum Gasteiger partial charge on any atom is -0.491 e. The summed E-state index contributed by atoms with van der Waals surface area (Å²) in [6.45, 7) is 8.35. The molecule has 0 aliphatic rings. The summed E-state index contributed by atoms with van der Waals surface area (Å²) in [5, 5.41) is 10.6. The molecule has 0 bridgehead atoms. The Labute approximate surface area is 167 Å². The van der Waals surface area contributed by atoms with Crippen LogP contribution < -0.4 is 4.74 Å². The molecule has 1 atom stereocenters. The number of aliphatic hydroxyl groups is 1. The van der Waals surface area contributed by atoms with Crippen LogP contribution in [0.3, 0.4) is 0 Å². The highest BCUT2D eigenvalue weighted by molar-refractivity contribution is 5.33. The molecule has 0 aliphatic carbocycles. The first kappa shape index (κ1) is 20.2. The predicted octanol–water partition coefficient (Wildman–Crippen LogP) is 4.65. The van der Waals surface area contributed by atoms with Crippen molar-refractivity contribution in [2.75, 3.05) is 13.2 Å². The lowest BCUT2D eigenvalue weighted by molar-refractivity contribution is 0.0604.